The lowest BCUT2D eigenvalue weighted by Gasteiger charge is -2.16. The number of nitrogens with one attached hydrogen (secondary N) is 1. The van der Waals surface area contributed by atoms with E-state index in [1.165, 1.54) is 22.1 Å². The molecule has 1 amide bonds. The van der Waals surface area contributed by atoms with Crippen LogP contribution in [-0.4, -0.2) is 54.1 Å². The number of carbonyl (C=O) groups is 1. The first-order valence-corrected chi connectivity index (χ1v) is 12.6. The molecule has 1 aromatic heterocycles. The van der Waals surface area contributed by atoms with Crippen molar-refractivity contribution in [1.29, 1.82) is 0 Å². The normalized spacial score (nSPS) is 14.4. The van der Waals surface area contributed by atoms with Crippen LogP contribution in [0.1, 0.15) is 12.8 Å². The van der Waals surface area contributed by atoms with E-state index >= 15 is 0 Å². The van der Waals surface area contributed by atoms with Gasteiger partial charge in [-0.05, 0) is 43.2 Å². The van der Waals surface area contributed by atoms with E-state index < -0.39 is 10.0 Å². The average molecular weight is 473 g/mol. The summed E-state index contributed by atoms with van der Waals surface area (Å²) in [6, 6.07) is 14.0. The Balaban J connectivity index is 1.41. The van der Waals surface area contributed by atoms with Crippen molar-refractivity contribution < 1.29 is 17.9 Å². The van der Waals surface area contributed by atoms with E-state index in [-0.39, 0.29) is 16.6 Å². The van der Waals surface area contributed by atoms with Crippen LogP contribution in [0.15, 0.2) is 71.0 Å². The standard InChI is InChI=1S/C22H24N4O4S2/c1-30-19-8-5-7-18(15-19)26-13-10-23-22(26)31-16-21(27)24-17-6-4-9-20(14-17)32(28,29)25-11-2-3-12-25/h4-10,13-15H,2-3,11-12,16H2,1H3,(H,24,27). The number of hydrogen-bond acceptors (Lipinski definition) is 6. The summed E-state index contributed by atoms with van der Waals surface area (Å²) in [6.07, 6.45) is 5.24. The Kier molecular flexibility index (Phi) is 6.83. The smallest absolute Gasteiger partial charge is 0.243 e. The van der Waals surface area contributed by atoms with Crippen LogP contribution >= 0.6 is 11.8 Å². The predicted octanol–water partition coefficient (Wildman–Crippen LogP) is 3.40. The molecule has 0 saturated carbocycles. The number of methoxy groups -OCH3 is 1. The van der Waals surface area contributed by atoms with Crippen molar-refractivity contribution in [2.45, 2.75) is 22.9 Å². The number of aromatic nitrogens is 2. The quantitative estimate of drug-likeness (QED) is 0.505. The monoisotopic (exact) mass is 472 g/mol. The zero-order valence-corrected chi connectivity index (χ0v) is 19.2. The summed E-state index contributed by atoms with van der Waals surface area (Å²) in [5.41, 5.74) is 1.33. The maximum absolute atomic E-state index is 12.8. The van der Waals surface area contributed by atoms with Crippen LogP contribution in [0.2, 0.25) is 0 Å². The Hall–Kier alpha value is -2.82. The molecule has 0 aliphatic carbocycles. The van der Waals surface area contributed by atoms with Crippen molar-refractivity contribution in [3.63, 3.8) is 0 Å². The van der Waals surface area contributed by atoms with Crippen molar-refractivity contribution in [2.24, 2.45) is 0 Å². The third-order valence-electron chi connectivity index (χ3n) is 5.09. The fourth-order valence-electron chi connectivity index (χ4n) is 3.49. The van der Waals surface area contributed by atoms with Crippen LogP contribution in [0, 0.1) is 0 Å². The predicted molar refractivity (Wildman–Crippen MR) is 124 cm³/mol. The molecule has 32 heavy (non-hydrogen) atoms. The molecular weight excluding hydrogens is 448 g/mol. The zero-order valence-electron chi connectivity index (χ0n) is 17.6. The second-order valence-electron chi connectivity index (χ2n) is 7.26. The number of carbonyl (C=O) groups excluding carboxylic acids is 1. The number of nitrogens with zero attached hydrogens (tertiary/aromatic N) is 3. The lowest BCUT2D eigenvalue weighted by atomic mass is 10.3. The molecular formula is C22H24N4O4S2. The van der Waals surface area contributed by atoms with Crippen LogP contribution in [0.4, 0.5) is 5.69 Å². The highest BCUT2D eigenvalue weighted by molar-refractivity contribution is 7.99. The molecule has 8 nitrogen and oxygen atoms in total. The summed E-state index contributed by atoms with van der Waals surface area (Å²) in [5, 5.41) is 3.45. The molecule has 1 aliphatic heterocycles. The first-order valence-electron chi connectivity index (χ1n) is 10.2. The molecule has 3 aromatic rings. The van der Waals surface area contributed by atoms with Crippen LogP contribution < -0.4 is 10.1 Å². The van der Waals surface area contributed by atoms with Crippen molar-refractivity contribution in [3.8, 4) is 11.4 Å². The third-order valence-corrected chi connectivity index (χ3v) is 7.95. The topological polar surface area (TPSA) is 93.5 Å². The maximum Gasteiger partial charge on any atom is 0.243 e. The molecule has 1 saturated heterocycles. The lowest BCUT2D eigenvalue weighted by molar-refractivity contribution is -0.113. The van der Waals surface area contributed by atoms with Crippen molar-refractivity contribution in [2.75, 3.05) is 31.3 Å². The van der Waals surface area contributed by atoms with Gasteiger partial charge in [0.05, 0.1) is 23.4 Å². The number of amides is 1. The van der Waals surface area contributed by atoms with Gasteiger partial charge in [-0.1, -0.05) is 23.9 Å². The number of sulfonamides is 1. The third kappa shape index (κ3) is 4.98. The van der Waals surface area contributed by atoms with Crippen molar-refractivity contribution >= 4 is 33.4 Å². The van der Waals surface area contributed by atoms with Gasteiger partial charge in [0.1, 0.15) is 5.75 Å². The Labute approximate surface area is 191 Å². The largest absolute Gasteiger partial charge is 0.497 e. The number of ether oxygens (including phenoxy) is 1. The summed E-state index contributed by atoms with van der Waals surface area (Å²) >= 11 is 1.29. The highest BCUT2D eigenvalue weighted by Crippen LogP contribution is 2.25. The number of anilines is 1. The second kappa shape index (κ2) is 9.76. The molecule has 4 rings (SSSR count). The van der Waals surface area contributed by atoms with Crippen LogP contribution in [0.25, 0.3) is 5.69 Å². The van der Waals surface area contributed by atoms with E-state index in [9.17, 15) is 13.2 Å². The van der Waals surface area contributed by atoms with Gasteiger partial charge in [-0.15, -0.1) is 0 Å². The highest BCUT2D eigenvalue weighted by Gasteiger charge is 2.27. The SMILES string of the molecule is COc1cccc(-n2ccnc2SCC(=O)Nc2cccc(S(=O)(=O)N3CCCC3)c2)c1. The van der Waals surface area contributed by atoms with E-state index in [0.717, 1.165) is 24.3 Å². The van der Waals surface area contributed by atoms with E-state index in [4.69, 9.17) is 4.74 Å². The van der Waals surface area contributed by atoms with Gasteiger partial charge in [-0.2, -0.15) is 4.31 Å². The van der Waals surface area contributed by atoms with Gasteiger partial charge in [0.25, 0.3) is 0 Å². The van der Waals surface area contributed by atoms with Crippen molar-refractivity contribution in [3.05, 3.63) is 60.9 Å². The minimum Gasteiger partial charge on any atom is -0.497 e. The van der Waals surface area contributed by atoms with Gasteiger partial charge in [-0.3, -0.25) is 9.36 Å². The fraction of sp³-hybridized carbons (Fsp3) is 0.273. The number of rotatable bonds is 8. The van der Waals surface area contributed by atoms with Gasteiger partial charge in [0, 0.05) is 37.2 Å². The summed E-state index contributed by atoms with van der Waals surface area (Å²) in [7, 11) is -1.92. The average Bonchev–Trinajstić information content (AvgIpc) is 3.50. The summed E-state index contributed by atoms with van der Waals surface area (Å²) in [6.45, 7) is 1.07. The van der Waals surface area contributed by atoms with Gasteiger partial charge >= 0.3 is 0 Å². The van der Waals surface area contributed by atoms with Crippen LogP contribution in [-0.2, 0) is 14.8 Å². The molecule has 1 fully saturated rings. The van der Waals surface area contributed by atoms with E-state index in [2.05, 4.69) is 10.3 Å². The molecule has 168 valence electrons. The van der Waals surface area contributed by atoms with Gasteiger partial charge in [0.2, 0.25) is 15.9 Å². The molecule has 0 unspecified atom stereocenters. The Bertz CT molecular complexity index is 1200. The molecule has 0 radical (unpaired) electrons. The number of thioether (sulfide) groups is 1. The molecule has 0 bridgehead atoms. The first kappa shape index (κ1) is 22.4. The second-order valence-corrected chi connectivity index (χ2v) is 10.1. The highest BCUT2D eigenvalue weighted by atomic mass is 32.2. The molecule has 1 N–H and O–H groups in total. The molecule has 1 aliphatic rings. The maximum atomic E-state index is 12.8. The van der Waals surface area contributed by atoms with E-state index in [1.54, 1.807) is 31.5 Å². The fourth-order valence-corrected chi connectivity index (χ4v) is 5.83. The lowest BCUT2D eigenvalue weighted by Crippen LogP contribution is -2.28. The van der Waals surface area contributed by atoms with Gasteiger partial charge in [0.15, 0.2) is 5.16 Å². The zero-order chi connectivity index (χ0) is 22.6. The molecule has 2 heterocycles. The van der Waals surface area contributed by atoms with Crippen LogP contribution in [0.3, 0.4) is 0 Å². The summed E-state index contributed by atoms with van der Waals surface area (Å²) in [5.74, 6) is 0.615. The Morgan fingerprint density at radius 2 is 1.94 bits per heavy atom. The molecule has 0 spiro atoms. The first-order chi connectivity index (χ1) is 15.5. The van der Waals surface area contributed by atoms with Crippen molar-refractivity contribution in [1.82, 2.24) is 13.9 Å². The summed E-state index contributed by atoms with van der Waals surface area (Å²) in [4.78, 5) is 17.1. The Morgan fingerprint density at radius 1 is 1.16 bits per heavy atom. The minimum absolute atomic E-state index is 0.129. The van der Waals surface area contributed by atoms with Crippen LogP contribution in [0.5, 0.6) is 5.75 Å². The number of benzene rings is 2. The molecule has 0 atom stereocenters. The Morgan fingerprint density at radius 3 is 2.72 bits per heavy atom. The molecule has 2 aromatic carbocycles. The molecule has 10 heteroatoms. The van der Waals surface area contributed by atoms with Gasteiger partial charge < -0.3 is 10.1 Å². The summed E-state index contributed by atoms with van der Waals surface area (Å²) < 4.78 is 34.2. The number of hydrogen-bond donors (Lipinski definition) is 1. The van der Waals surface area contributed by atoms with E-state index in [0.29, 0.717) is 23.9 Å². The minimum atomic E-state index is -3.53. The van der Waals surface area contributed by atoms with E-state index in [1.807, 2.05) is 35.0 Å². The number of imidazole rings is 1. The van der Waals surface area contributed by atoms with Gasteiger partial charge in [-0.25, -0.2) is 13.4 Å².